The molecule has 27 heavy (non-hydrogen) atoms. The first-order valence-corrected chi connectivity index (χ1v) is 10.2. The minimum Gasteiger partial charge on any atom is -0.493 e. The molecule has 5 heteroatoms. The van der Waals surface area contributed by atoms with Crippen LogP contribution in [0.5, 0.6) is 11.5 Å². The SMILES string of the molecule is COc1cc(CNc2ccc(Br)cc2)cc(Br)c1OCc1ccc(C)cc1. The molecule has 0 spiro atoms. The van der Waals surface area contributed by atoms with Gasteiger partial charge in [0.2, 0.25) is 0 Å². The van der Waals surface area contributed by atoms with E-state index in [1.165, 1.54) is 5.56 Å². The van der Waals surface area contributed by atoms with Gasteiger partial charge in [-0.1, -0.05) is 45.8 Å². The van der Waals surface area contributed by atoms with E-state index in [-0.39, 0.29) is 0 Å². The number of hydrogen-bond acceptors (Lipinski definition) is 3. The number of anilines is 1. The van der Waals surface area contributed by atoms with Crippen molar-refractivity contribution in [3.63, 3.8) is 0 Å². The lowest BCUT2D eigenvalue weighted by Crippen LogP contribution is -2.02. The van der Waals surface area contributed by atoms with E-state index in [2.05, 4.69) is 74.4 Å². The van der Waals surface area contributed by atoms with E-state index in [0.717, 1.165) is 25.8 Å². The van der Waals surface area contributed by atoms with Crippen molar-refractivity contribution in [2.75, 3.05) is 12.4 Å². The summed E-state index contributed by atoms with van der Waals surface area (Å²) in [5.41, 5.74) is 4.52. The lowest BCUT2D eigenvalue weighted by atomic mass is 10.1. The first-order chi connectivity index (χ1) is 13.0. The van der Waals surface area contributed by atoms with E-state index in [0.29, 0.717) is 24.7 Å². The smallest absolute Gasteiger partial charge is 0.175 e. The van der Waals surface area contributed by atoms with Gasteiger partial charge in [0, 0.05) is 16.7 Å². The molecule has 0 unspecified atom stereocenters. The monoisotopic (exact) mass is 489 g/mol. The van der Waals surface area contributed by atoms with Gasteiger partial charge in [0.15, 0.2) is 11.5 Å². The van der Waals surface area contributed by atoms with Gasteiger partial charge in [-0.25, -0.2) is 0 Å². The molecule has 0 saturated carbocycles. The molecule has 0 aromatic heterocycles. The van der Waals surface area contributed by atoms with Crippen LogP contribution in [0, 0.1) is 6.92 Å². The lowest BCUT2D eigenvalue weighted by molar-refractivity contribution is 0.282. The molecule has 0 bridgehead atoms. The van der Waals surface area contributed by atoms with E-state index in [9.17, 15) is 0 Å². The molecular weight excluding hydrogens is 470 g/mol. The Kier molecular flexibility index (Phi) is 6.80. The van der Waals surface area contributed by atoms with Gasteiger partial charge < -0.3 is 14.8 Å². The third-order valence-corrected chi connectivity index (χ3v) is 5.25. The van der Waals surface area contributed by atoms with Crippen LogP contribution in [0.3, 0.4) is 0 Å². The lowest BCUT2D eigenvalue weighted by Gasteiger charge is -2.15. The van der Waals surface area contributed by atoms with E-state index >= 15 is 0 Å². The van der Waals surface area contributed by atoms with Crippen LogP contribution in [-0.4, -0.2) is 7.11 Å². The summed E-state index contributed by atoms with van der Waals surface area (Å²) in [6, 6.07) is 20.5. The molecule has 3 nitrogen and oxygen atoms in total. The number of halogens is 2. The molecule has 0 radical (unpaired) electrons. The number of benzene rings is 3. The molecule has 0 fully saturated rings. The third kappa shape index (κ3) is 5.50. The molecule has 0 aliphatic carbocycles. The summed E-state index contributed by atoms with van der Waals surface area (Å²) in [7, 11) is 1.66. The van der Waals surface area contributed by atoms with Crippen LogP contribution in [0.1, 0.15) is 16.7 Å². The predicted octanol–water partition coefficient (Wildman–Crippen LogP) is 6.72. The zero-order valence-electron chi connectivity index (χ0n) is 15.3. The molecule has 140 valence electrons. The highest BCUT2D eigenvalue weighted by molar-refractivity contribution is 9.10. The van der Waals surface area contributed by atoms with Crippen LogP contribution in [0.4, 0.5) is 5.69 Å². The average molecular weight is 491 g/mol. The van der Waals surface area contributed by atoms with Crippen molar-refractivity contribution < 1.29 is 9.47 Å². The maximum Gasteiger partial charge on any atom is 0.175 e. The number of aryl methyl sites for hydroxylation is 1. The summed E-state index contributed by atoms with van der Waals surface area (Å²) in [5, 5.41) is 3.41. The van der Waals surface area contributed by atoms with E-state index in [1.54, 1.807) is 7.11 Å². The normalized spacial score (nSPS) is 10.5. The van der Waals surface area contributed by atoms with Crippen molar-refractivity contribution in [3.05, 3.63) is 86.3 Å². The Bertz CT molecular complexity index is 893. The van der Waals surface area contributed by atoms with E-state index < -0.39 is 0 Å². The fraction of sp³-hybridized carbons (Fsp3) is 0.182. The molecule has 0 aliphatic rings. The van der Waals surface area contributed by atoms with Gasteiger partial charge in [-0.2, -0.15) is 0 Å². The topological polar surface area (TPSA) is 30.5 Å². The van der Waals surface area contributed by atoms with Crippen molar-refractivity contribution >= 4 is 37.5 Å². The second kappa shape index (κ2) is 9.29. The second-order valence-corrected chi connectivity index (χ2v) is 8.01. The minimum atomic E-state index is 0.492. The summed E-state index contributed by atoms with van der Waals surface area (Å²) in [5.74, 6) is 1.43. The highest BCUT2D eigenvalue weighted by atomic mass is 79.9. The largest absolute Gasteiger partial charge is 0.493 e. The van der Waals surface area contributed by atoms with Gasteiger partial charge in [0.1, 0.15) is 6.61 Å². The maximum absolute atomic E-state index is 6.02. The van der Waals surface area contributed by atoms with Crippen molar-refractivity contribution in [3.8, 4) is 11.5 Å². The summed E-state index contributed by atoms with van der Waals surface area (Å²) >= 11 is 7.07. The maximum atomic E-state index is 6.02. The Morgan fingerprint density at radius 2 is 1.59 bits per heavy atom. The molecule has 1 N–H and O–H groups in total. The number of rotatable bonds is 7. The molecule has 0 amide bonds. The number of ether oxygens (including phenoxy) is 2. The Balaban J connectivity index is 1.70. The highest BCUT2D eigenvalue weighted by Gasteiger charge is 2.12. The highest BCUT2D eigenvalue weighted by Crippen LogP contribution is 2.37. The Morgan fingerprint density at radius 3 is 2.26 bits per heavy atom. The number of nitrogens with one attached hydrogen (secondary N) is 1. The summed E-state index contributed by atoms with van der Waals surface area (Å²) < 4.78 is 13.5. The first kappa shape index (κ1) is 19.8. The fourth-order valence-corrected chi connectivity index (χ4v) is 3.50. The molecule has 3 aromatic rings. The fourth-order valence-electron chi connectivity index (χ4n) is 2.63. The Hall–Kier alpha value is -1.98. The van der Waals surface area contributed by atoms with E-state index in [4.69, 9.17) is 9.47 Å². The van der Waals surface area contributed by atoms with Crippen LogP contribution in [0.15, 0.2) is 69.6 Å². The van der Waals surface area contributed by atoms with Gasteiger partial charge in [0.05, 0.1) is 11.6 Å². The first-order valence-electron chi connectivity index (χ1n) is 8.59. The summed E-state index contributed by atoms with van der Waals surface area (Å²) in [4.78, 5) is 0. The average Bonchev–Trinajstić information content (AvgIpc) is 2.67. The van der Waals surface area contributed by atoms with Gasteiger partial charge in [-0.05, 0) is 70.4 Å². The predicted molar refractivity (Wildman–Crippen MR) is 118 cm³/mol. The number of methoxy groups -OCH3 is 1. The Morgan fingerprint density at radius 1 is 0.889 bits per heavy atom. The zero-order chi connectivity index (χ0) is 19.2. The quantitative estimate of drug-likeness (QED) is 0.398. The molecule has 3 rings (SSSR count). The van der Waals surface area contributed by atoms with Crippen molar-refractivity contribution in [1.29, 1.82) is 0 Å². The molecule has 0 aliphatic heterocycles. The minimum absolute atomic E-state index is 0.492. The van der Waals surface area contributed by atoms with Crippen LogP contribution in [0.25, 0.3) is 0 Å². The Labute approximate surface area is 177 Å². The van der Waals surface area contributed by atoms with Gasteiger partial charge in [0.25, 0.3) is 0 Å². The standard InChI is InChI=1S/C22H21Br2NO2/c1-15-3-5-16(6-4-15)14-27-22-20(24)11-17(12-21(22)26-2)13-25-19-9-7-18(23)8-10-19/h3-12,25H,13-14H2,1-2H3. The van der Waals surface area contributed by atoms with Gasteiger partial charge in [-0.3, -0.25) is 0 Å². The van der Waals surface area contributed by atoms with Crippen molar-refractivity contribution in [2.24, 2.45) is 0 Å². The molecular formula is C22H21Br2NO2. The summed E-state index contributed by atoms with van der Waals surface area (Å²) in [6.07, 6.45) is 0. The van der Waals surface area contributed by atoms with E-state index in [1.807, 2.05) is 30.3 Å². The second-order valence-electron chi connectivity index (χ2n) is 6.24. The molecule has 0 atom stereocenters. The van der Waals surface area contributed by atoms with Gasteiger partial charge >= 0.3 is 0 Å². The van der Waals surface area contributed by atoms with Crippen LogP contribution in [-0.2, 0) is 13.2 Å². The summed E-state index contributed by atoms with van der Waals surface area (Å²) in [6.45, 7) is 3.26. The number of hydrogen-bond donors (Lipinski definition) is 1. The molecule has 0 saturated heterocycles. The van der Waals surface area contributed by atoms with Crippen LogP contribution < -0.4 is 14.8 Å². The van der Waals surface area contributed by atoms with Crippen LogP contribution >= 0.6 is 31.9 Å². The molecule has 0 heterocycles. The van der Waals surface area contributed by atoms with Gasteiger partial charge in [-0.15, -0.1) is 0 Å². The van der Waals surface area contributed by atoms with Crippen molar-refractivity contribution in [1.82, 2.24) is 0 Å². The molecule has 3 aromatic carbocycles. The van der Waals surface area contributed by atoms with Crippen LogP contribution in [0.2, 0.25) is 0 Å². The zero-order valence-corrected chi connectivity index (χ0v) is 18.4. The van der Waals surface area contributed by atoms with Crippen molar-refractivity contribution in [2.45, 2.75) is 20.1 Å². The third-order valence-electron chi connectivity index (χ3n) is 4.13.